The van der Waals surface area contributed by atoms with Gasteiger partial charge in [0.15, 0.2) is 5.75 Å². The van der Waals surface area contributed by atoms with E-state index in [-0.39, 0.29) is 23.8 Å². The molecule has 19 heavy (non-hydrogen) atoms. The monoisotopic (exact) mass is 351 g/mol. The summed E-state index contributed by atoms with van der Waals surface area (Å²) in [5.74, 6) is 0.161. The lowest BCUT2D eigenvalue weighted by Gasteiger charge is -2.07. The van der Waals surface area contributed by atoms with E-state index in [4.69, 9.17) is 4.74 Å². The zero-order chi connectivity index (χ0) is 14.5. The van der Waals surface area contributed by atoms with Gasteiger partial charge in [-0.15, -0.1) is 0 Å². The molecule has 0 heterocycles. The van der Waals surface area contributed by atoms with E-state index in [1.165, 1.54) is 6.07 Å². The van der Waals surface area contributed by atoms with Crippen LogP contribution in [-0.4, -0.2) is 32.0 Å². The summed E-state index contributed by atoms with van der Waals surface area (Å²) in [5, 5.41) is 11.4. The van der Waals surface area contributed by atoms with E-state index in [1.54, 1.807) is 12.1 Å². The molecule has 0 saturated carbocycles. The molecule has 0 fully saturated rings. The number of rotatable bonds is 7. The number of alkyl halides is 1. The summed E-state index contributed by atoms with van der Waals surface area (Å²) in [6, 6.07) is 4.59. The van der Waals surface area contributed by atoms with Gasteiger partial charge in [0, 0.05) is 17.7 Å². The number of hydrogen-bond donors (Lipinski definition) is 0. The van der Waals surface area contributed by atoms with E-state index in [0.29, 0.717) is 11.8 Å². The Morgan fingerprint density at radius 1 is 1.42 bits per heavy atom. The maximum Gasteiger partial charge on any atom is 0.310 e. The highest BCUT2D eigenvalue weighted by Gasteiger charge is 2.15. The fraction of sp³-hybridized carbons (Fsp3) is 0.455. The topological polar surface area (TPSA) is 86.5 Å². The molecule has 6 nitrogen and oxygen atoms in total. The van der Waals surface area contributed by atoms with Crippen LogP contribution in [-0.2, 0) is 15.2 Å². The van der Waals surface area contributed by atoms with Crippen LogP contribution in [0.15, 0.2) is 18.2 Å². The molecule has 0 radical (unpaired) electrons. The van der Waals surface area contributed by atoms with Gasteiger partial charge in [-0.2, -0.15) is 0 Å². The highest BCUT2D eigenvalue weighted by atomic mass is 79.9. The largest absolute Gasteiger partial charge is 0.487 e. The zero-order valence-corrected chi connectivity index (χ0v) is 12.7. The van der Waals surface area contributed by atoms with E-state index in [2.05, 4.69) is 15.9 Å². The van der Waals surface area contributed by atoms with Gasteiger partial charge < -0.3 is 4.74 Å². The van der Waals surface area contributed by atoms with E-state index in [0.717, 1.165) is 11.8 Å². The number of hydrogen-bond acceptors (Lipinski definition) is 5. The number of sulfone groups is 1. The molecule has 0 aromatic heterocycles. The van der Waals surface area contributed by atoms with Crippen LogP contribution in [0, 0.1) is 10.1 Å². The molecule has 106 valence electrons. The van der Waals surface area contributed by atoms with Crippen molar-refractivity contribution in [2.75, 3.05) is 18.6 Å². The van der Waals surface area contributed by atoms with E-state index in [9.17, 15) is 18.5 Å². The lowest BCUT2D eigenvalue weighted by molar-refractivity contribution is -0.385. The first kappa shape index (κ1) is 15.9. The molecule has 0 spiro atoms. The van der Waals surface area contributed by atoms with Crippen molar-refractivity contribution in [3.63, 3.8) is 0 Å². The van der Waals surface area contributed by atoms with Crippen molar-refractivity contribution in [3.8, 4) is 5.75 Å². The molecule has 0 aliphatic carbocycles. The van der Waals surface area contributed by atoms with Crippen LogP contribution < -0.4 is 4.74 Å². The molecular formula is C11H14BrNO5S. The average Bonchev–Trinajstić information content (AvgIpc) is 2.33. The van der Waals surface area contributed by atoms with Crippen molar-refractivity contribution < 1.29 is 18.1 Å². The smallest absolute Gasteiger partial charge is 0.310 e. The molecule has 0 aliphatic heterocycles. The first-order valence-electron chi connectivity index (χ1n) is 5.47. The summed E-state index contributed by atoms with van der Waals surface area (Å²) in [6.07, 6.45) is 1.44. The lowest BCUT2D eigenvalue weighted by atomic mass is 10.2. The minimum absolute atomic E-state index is 0.00106. The predicted octanol–water partition coefficient (Wildman–Crippen LogP) is 2.30. The highest BCUT2D eigenvalue weighted by Crippen LogP contribution is 2.28. The fourth-order valence-electron chi connectivity index (χ4n) is 1.41. The van der Waals surface area contributed by atoms with Crippen molar-refractivity contribution >= 4 is 31.5 Å². The van der Waals surface area contributed by atoms with Crippen molar-refractivity contribution in [2.24, 2.45) is 0 Å². The minimum atomic E-state index is -3.04. The maximum absolute atomic E-state index is 10.9. The molecule has 0 aliphatic rings. The van der Waals surface area contributed by atoms with Crippen molar-refractivity contribution in [2.45, 2.75) is 11.8 Å². The van der Waals surface area contributed by atoms with Crippen LogP contribution in [0.3, 0.4) is 0 Å². The number of nitro groups is 1. The number of ether oxygens (including phenoxy) is 1. The zero-order valence-electron chi connectivity index (χ0n) is 10.3. The van der Waals surface area contributed by atoms with Gasteiger partial charge in [-0.1, -0.05) is 22.0 Å². The van der Waals surface area contributed by atoms with Crippen molar-refractivity contribution in [3.05, 3.63) is 33.9 Å². The number of nitrogens with zero attached hydrogens (tertiary/aromatic N) is 1. The third-order valence-corrected chi connectivity index (χ3v) is 3.97. The van der Waals surface area contributed by atoms with E-state index < -0.39 is 14.8 Å². The van der Waals surface area contributed by atoms with Gasteiger partial charge in [-0.05, 0) is 18.1 Å². The van der Waals surface area contributed by atoms with Crippen LogP contribution in [0.1, 0.15) is 12.0 Å². The van der Waals surface area contributed by atoms with E-state index in [1.807, 2.05) is 0 Å². The second-order valence-electron chi connectivity index (χ2n) is 4.02. The Kier molecular flexibility index (Phi) is 5.74. The molecule has 8 heteroatoms. The molecule has 0 saturated heterocycles. The Labute approximate surface area is 120 Å². The van der Waals surface area contributed by atoms with Gasteiger partial charge in [0.1, 0.15) is 9.84 Å². The van der Waals surface area contributed by atoms with Crippen LogP contribution in [0.4, 0.5) is 5.69 Å². The highest BCUT2D eigenvalue weighted by molar-refractivity contribution is 9.08. The normalized spacial score (nSPS) is 11.3. The first-order chi connectivity index (χ1) is 8.83. The van der Waals surface area contributed by atoms with Crippen LogP contribution in [0.25, 0.3) is 0 Å². The molecule has 1 aromatic rings. The summed E-state index contributed by atoms with van der Waals surface area (Å²) in [7, 11) is -3.04. The van der Waals surface area contributed by atoms with Gasteiger partial charge in [0.25, 0.3) is 0 Å². The SMILES string of the molecule is CS(=O)(=O)CCCOc1cc(CBr)ccc1[N+](=O)[O-]. The van der Waals surface area contributed by atoms with Crippen LogP contribution >= 0.6 is 15.9 Å². The predicted molar refractivity (Wildman–Crippen MR) is 75.6 cm³/mol. The molecular weight excluding hydrogens is 338 g/mol. The molecule has 0 amide bonds. The first-order valence-corrected chi connectivity index (χ1v) is 8.65. The van der Waals surface area contributed by atoms with Gasteiger partial charge in [-0.25, -0.2) is 8.42 Å². The van der Waals surface area contributed by atoms with Gasteiger partial charge >= 0.3 is 5.69 Å². The summed E-state index contributed by atoms with van der Waals surface area (Å²) < 4.78 is 27.2. The second kappa shape index (κ2) is 6.85. The summed E-state index contributed by atoms with van der Waals surface area (Å²) in [6.45, 7) is 0.125. The average molecular weight is 352 g/mol. The van der Waals surface area contributed by atoms with Gasteiger partial charge in [0.05, 0.1) is 17.3 Å². The third kappa shape index (κ3) is 5.56. The fourth-order valence-corrected chi connectivity index (χ4v) is 2.40. The van der Waals surface area contributed by atoms with Crippen molar-refractivity contribution in [1.29, 1.82) is 0 Å². The van der Waals surface area contributed by atoms with Gasteiger partial charge in [0.2, 0.25) is 0 Å². The summed E-state index contributed by atoms with van der Waals surface area (Å²) in [5.41, 5.74) is 0.729. The number of halogens is 1. The quantitative estimate of drug-likeness (QED) is 0.325. The minimum Gasteiger partial charge on any atom is -0.487 e. The van der Waals surface area contributed by atoms with Gasteiger partial charge in [-0.3, -0.25) is 10.1 Å². The maximum atomic E-state index is 10.9. The van der Waals surface area contributed by atoms with Crippen molar-refractivity contribution in [1.82, 2.24) is 0 Å². The van der Waals surface area contributed by atoms with Crippen LogP contribution in [0.2, 0.25) is 0 Å². The Bertz CT molecular complexity index is 558. The second-order valence-corrected chi connectivity index (χ2v) is 6.85. The molecule has 0 atom stereocenters. The Morgan fingerprint density at radius 2 is 2.11 bits per heavy atom. The molecule has 0 unspecified atom stereocenters. The number of nitro benzene ring substituents is 1. The third-order valence-electron chi connectivity index (χ3n) is 2.29. The Balaban J connectivity index is 2.72. The summed E-state index contributed by atoms with van der Waals surface area (Å²) in [4.78, 5) is 10.3. The molecule has 0 N–H and O–H groups in total. The Morgan fingerprint density at radius 3 is 2.63 bits per heavy atom. The lowest BCUT2D eigenvalue weighted by Crippen LogP contribution is -2.08. The molecule has 1 rings (SSSR count). The van der Waals surface area contributed by atoms with E-state index >= 15 is 0 Å². The van der Waals surface area contributed by atoms with Crippen LogP contribution in [0.5, 0.6) is 5.75 Å². The standard InChI is InChI=1S/C11H14BrNO5S/c1-19(16,17)6-2-5-18-11-7-9(8-12)3-4-10(11)13(14)15/h3-4,7H,2,5-6,8H2,1H3. The molecule has 1 aromatic carbocycles. The Hall–Kier alpha value is -1.15. The summed E-state index contributed by atoms with van der Waals surface area (Å²) >= 11 is 3.26. The number of benzene rings is 1. The molecule has 0 bridgehead atoms.